The Morgan fingerprint density at radius 3 is 2.63 bits per heavy atom. The number of aromatic nitrogens is 4. The summed E-state index contributed by atoms with van der Waals surface area (Å²) in [5.74, 6) is 5.64. The largest absolute Gasteiger partial charge is 0.383 e. The number of nitrogen functional groups attached to an aromatic ring is 1. The normalized spacial score (nSPS) is 15.2. The molecule has 0 aliphatic carbocycles. The summed E-state index contributed by atoms with van der Waals surface area (Å²) in [5.41, 5.74) is 12.8. The molecule has 2 N–H and O–H groups in total. The minimum Gasteiger partial charge on any atom is -0.383 e. The van der Waals surface area contributed by atoms with E-state index in [1.807, 2.05) is 48.9 Å². The van der Waals surface area contributed by atoms with Crippen molar-refractivity contribution in [3.05, 3.63) is 59.7 Å². The van der Waals surface area contributed by atoms with Crippen LogP contribution >= 0.6 is 0 Å². The lowest BCUT2D eigenvalue weighted by Gasteiger charge is -2.20. The van der Waals surface area contributed by atoms with Crippen molar-refractivity contribution >= 4 is 22.8 Å². The third-order valence-corrected chi connectivity index (χ3v) is 6.64. The minimum absolute atomic E-state index is 0.0529. The van der Waals surface area contributed by atoms with E-state index in [-0.39, 0.29) is 11.9 Å². The van der Waals surface area contributed by atoms with Crippen LogP contribution in [0.4, 0.5) is 5.82 Å². The van der Waals surface area contributed by atoms with Crippen LogP contribution in [0.5, 0.6) is 0 Å². The first-order valence-electron chi connectivity index (χ1n) is 11.3. The highest BCUT2D eigenvalue weighted by Crippen LogP contribution is 2.42. The van der Waals surface area contributed by atoms with Gasteiger partial charge in [0.15, 0.2) is 0 Å². The summed E-state index contributed by atoms with van der Waals surface area (Å²) in [4.78, 5) is 28.0. The van der Waals surface area contributed by atoms with E-state index in [0.29, 0.717) is 29.3 Å². The number of likely N-dealkylation sites (tertiary alicyclic amines) is 1. The number of aryl methyl sites for hydroxylation is 2. The Labute approximate surface area is 204 Å². The maximum Gasteiger partial charge on any atom is 0.254 e. The Hall–Kier alpha value is -4.62. The van der Waals surface area contributed by atoms with E-state index >= 15 is 0 Å². The van der Waals surface area contributed by atoms with Gasteiger partial charge in [0.1, 0.15) is 23.5 Å². The van der Waals surface area contributed by atoms with Crippen LogP contribution in [0.3, 0.4) is 0 Å². The lowest BCUT2D eigenvalue weighted by molar-refractivity contribution is 0.0766. The van der Waals surface area contributed by atoms with Gasteiger partial charge in [-0.15, -0.1) is 12.8 Å². The molecule has 172 valence electrons. The number of anilines is 1. The zero-order chi connectivity index (χ0) is 24.7. The van der Waals surface area contributed by atoms with Crippen LogP contribution in [0.2, 0.25) is 0 Å². The quantitative estimate of drug-likeness (QED) is 0.470. The van der Waals surface area contributed by atoms with Gasteiger partial charge in [-0.05, 0) is 49.1 Å². The molecule has 7 nitrogen and oxygen atoms in total. The number of nitrogens with two attached hydrogens (primary N) is 1. The summed E-state index contributed by atoms with van der Waals surface area (Å²) in [6, 6.07) is 9.25. The number of nitrogens with zero attached hydrogens (tertiary/aromatic N) is 5. The summed E-state index contributed by atoms with van der Waals surface area (Å²) >= 11 is 0. The summed E-state index contributed by atoms with van der Waals surface area (Å²) in [6.07, 6.45) is 16.2. The first-order chi connectivity index (χ1) is 16.9. The molecule has 1 aliphatic heterocycles. The molecule has 1 aromatic carbocycles. The first kappa shape index (κ1) is 22.2. The molecule has 5 rings (SSSR count). The Morgan fingerprint density at radius 1 is 1.17 bits per heavy atom. The van der Waals surface area contributed by atoms with Gasteiger partial charge >= 0.3 is 0 Å². The van der Waals surface area contributed by atoms with E-state index < -0.39 is 0 Å². The molecule has 1 saturated heterocycles. The number of hydrogen-bond donors (Lipinski definition) is 1. The number of fused-ring (bicyclic) bond motifs is 1. The van der Waals surface area contributed by atoms with Gasteiger partial charge in [0, 0.05) is 36.5 Å². The first-order valence-corrected chi connectivity index (χ1v) is 11.3. The predicted octanol–water partition coefficient (Wildman–Crippen LogP) is 3.81. The van der Waals surface area contributed by atoms with Crippen molar-refractivity contribution in [1.29, 1.82) is 0 Å². The van der Waals surface area contributed by atoms with E-state index in [4.69, 9.17) is 18.6 Å². The van der Waals surface area contributed by atoms with Gasteiger partial charge in [0.2, 0.25) is 0 Å². The van der Waals surface area contributed by atoms with Crippen molar-refractivity contribution in [3.63, 3.8) is 0 Å². The summed E-state index contributed by atoms with van der Waals surface area (Å²) < 4.78 is 1.99. The molecule has 1 aliphatic rings. The summed E-state index contributed by atoms with van der Waals surface area (Å²) in [6.45, 7) is 2.67. The van der Waals surface area contributed by atoms with E-state index in [2.05, 4.69) is 26.8 Å². The van der Waals surface area contributed by atoms with Gasteiger partial charge in [0.25, 0.3) is 5.91 Å². The monoisotopic (exact) mass is 460 g/mol. The van der Waals surface area contributed by atoms with Crippen LogP contribution in [-0.2, 0) is 7.05 Å². The van der Waals surface area contributed by atoms with Gasteiger partial charge in [-0.25, -0.2) is 15.0 Å². The van der Waals surface area contributed by atoms with Crippen molar-refractivity contribution in [2.45, 2.75) is 25.8 Å². The number of carbonyl (C=O) groups is 1. The molecule has 4 aromatic rings. The second-order valence-electron chi connectivity index (χ2n) is 8.67. The third kappa shape index (κ3) is 3.59. The van der Waals surface area contributed by atoms with Gasteiger partial charge in [-0.2, -0.15) is 0 Å². The number of hydrogen-bond acceptors (Lipinski definition) is 5. The van der Waals surface area contributed by atoms with Gasteiger partial charge < -0.3 is 15.2 Å². The van der Waals surface area contributed by atoms with E-state index in [1.165, 1.54) is 6.33 Å². The molecule has 7 heteroatoms. The molecular weight excluding hydrogens is 436 g/mol. The second-order valence-corrected chi connectivity index (χ2v) is 8.67. The molecule has 0 unspecified atom stereocenters. The van der Waals surface area contributed by atoms with E-state index in [0.717, 1.165) is 46.2 Å². The fraction of sp³-hybridized carbons (Fsp3) is 0.214. The van der Waals surface area contributed by atoms with Crippen LogP contribution in [-0.4, -0.2) is 42.9 Å². The predicted molar refractivity (Wildman–Crippen MR) is 137 cm³/mol. The van der Waals surface area contributed by atoms with Crippen LogP contribution in [0.25, 0.3) is 33.4 Å². The molecule has 4 heterocycles. The Morgan fingerprint density at radius 2 is 1.94 bits per heavy atom. The Balaban J connectivity index is 1.67. The SMILES string of the molecule is C#Cc1cc(C)c(-c2c(-c3ccc(C(=O)N4CCC[C@@H]4C#C)cc3)c3c(N)ncnc3n2C)cn1. The molecule has 0 radical (unpaired) electrons. The van der Waals surface area contributed by atoms with Crippen LogP contribution in [0.1, 0.15) is 34.5 Å². The number of terminal acetylenes is 2. The highest BCUT2D eigenvalue weighted by Gasteiger charge is 2.28. The molecule has 1 atom stereocenters. The molecule has 0 bridgehead atoms. The smallest absolute Gasteiger partial charge is 0.254 e. The maximum atomic E-state index is 13.1. The molecular formula is C28H24N6O. The number of amides is 1. The highest BCUT2D eigenvalue weighted by molar-refractivity contribution is 6.08. The van der Waals surface area contributed by atoms with Crippen molar-refractivity contribution < 1.29 is 4.79 Å². The standard InChI is InChI=1S/C28H24N6O/c1-5-20-14-17(3)22(15-30-20)25-23(24-26(29)31-16-32-27(24)33(25)4)18-9-11-19(12-10-18)28(35)34-13-7-8-21(34)6-2/h1-2,9-12,14-16,21H,7-8,13H2,3-4H3,(H2,29,31,32)/t21-/m0/s1. The maximum absolute atomic E-state index is 13.1. The third-order valence-electron chi connectivity index (χ3n) is 6.64. The number of carbonyl (C=O) groups excluding carboxylic acids is 1. The lowest BCUT2D eigenvalue weighted by Crippen LogP contribution is -2.34. The average Bonchev–Trinajstić information content (AvgIpc) is 3.47. The fourth-order valence-electron chi connectivity index (χ4n) is 4.88. The van der Waals surface area contributed by atoms with Gasteiger partial charge in [-0.3, -0.25) is 4.79 Å². The molecule has 35 heavy (non-hydrogen) atoms. The molecule has 0 saturated carbocycles. The number of benzene rings is 1. The Bertz CT molecular complexity index is 1550. The number of pyridine rings is 1. The van der Waals surface area contributed by atoms with E-state index in [1.54, 1.807) is 11.1 Å². The van der Waals surface area contributed by atoms with Crippen LogP contribution < -0.4 is 5.73 Å². The zero-order valence-electron chi connectivity index (χ0n) is 19.6. The average molecular weight is 461 g/mol. The molecule has 3 aromatic heterocycles. The van der Waals surface area contributed by atoms with Crippen molar-refractivity contribution in [1.82, 2.24) is 24.4 Å². The fourth-order valence-corrected chi connectivity index (χ4v) is 4.88. The van der Waals surface area contributed by atoms with E-state index in [9.17, 15) is 4.79 Å². The lowest BCUT2D eigenvalue weighted by atomic mass is 9.96. The molecule has 1 fully saturated rings. The minimum atomic E-state index is -0.148. The molecule has 1 amide bonds. The summed E-state index contributed by atoms with van der Waals surface area (Å²) in [5, 5.41) is 0.747. The summed E-state index contributed by atoms with van der Waals surface area (Å²) in [7, 11) is 1.94. The number of rotatable bonds is 3. The highest BCUT2D eigenvalue weighted by atomic mass is 16.2. The van der Waals surface area contributed by atoms with Crippen LogP contribution in [0.15, 0.2) is 42.9 Å². The topological polar surface area (TPSA) is 89.9 Å². The zero-order valence-corrected chi connectivity index (χ0v) is 19.6. The molecule has 0 spiro atoms. The van der Waals surface area contributed by atoms with Crippen LogP contribution in [0, 0.1) is 31.6 Å². The van der Waals surface area contributed by atoms with Crippen molar-refractivity contribution in [2.24, 2.45) is 7.05 Å². The second kappa shape index (κ2) is 8.62. The van der Waals surface area contributed by atoms with Crippen molar-refractivity contribution in [2.75, 3.05) is 12.3 Å². The van der Waals surface area contributed by atoms with Gasteiger partial charge in [-0.1, -0.05) is 24.0 Å². The van der Waals surface area contributed by atoms with Gasteiger partial charge in [0.05, 0.1) is 17.1 Å². The van der Waals surface area contributed by atoms with Crippen molar-refractivity contribution in [3.8, 4) is 47.1 Å². The Kier molecular flexibility index (Phi) is 5.47.